The maximum Gasteiger partial charge on any atom is 0.265 e. The molecule has 4 rings (SSSR count). The Labute approximate surface area is 138 Å². The van der Waals surface area contributed by atoms with Crippen LogP contribution in [0.25, 0.3) is 5.82 Å². The standard InChI is InChI=1S/C17H16N4OS/c1-11-18-8-9-21(11)16-13(5-3-7-19-16)20-17(22)15-10-12-4-2-6-14(12)23-15/h3,5,7-10H,2,4,6H2,1H3,(H,20,22). The van der Waals surface area contributed by atoms with E-state index in [4.69, 9.17) is 0 Å². The SMILES string of the molecule is Cc1nccn1-c1ncccc1NC(=O)c1cc2c(s1)CCC2. The minimum Gasteiger partial charge on any atom is -0.318 e. The lowest BCUT2D eigenvalue weighted by Crippen LogP contribution is -2.13. The van der Waals surface area contributed by atoms with Crippen molar-refractivity contribution in [2.45, 2.75) is 26.2 Å². The van der Waals surface area contributed by atoms with Crippen LogP contribution in [0.1, 0.15) is 32.4 Å². The third-order valence-electron chi connectivity index (χ3n) is 4.06. The van der Waals surface area contributed by atoms with E-state index in [9.17, 15) is 4.79 Å². The Morgan fingerprint density at radius 2 is 2.22 bits per heavy atom. The molecule has 0 saturated carbocycles. The zero-order valence-electron chi connectivity index (χ0n) is 12.7. The van der Waals surface area contributed by atoms with Crippen molar-refractivity contribution >= 4 is 22.9 Å². The molecule has 1 N–H and O–H groups in total. The third-order valence-corrected chi connectivity index (χ3v) is 5.30. The lowest BCUT2D eigenvalue weighted by Gasteiger charge is -2.11. The number of nitrogens with one attached hydrogen (secondary N) is 1. The highest BCUT2D eigenvalue weighted by Crippen LogP contribution is 2.31. The molecule has 1 aliphatic carbocycles. The Balaban J connectivity index is 1.64. The minimum atomic E-state index is -0.0728. The number of carbonyl (C=O) groups excluding carboxylic acids is 1. The number of amides is 1. The molecule has 3 aromatic rings. The van der Waals surface area contributed by atoms with E-state index in [1.165, 1.54) is 16.9 Å². The predicted molar refractivity (Wildman–Crippen MR) is 90.4 cm³/mol. The van der Waals surface area contributed by atoms with Gasteiger partial charge in [-0.15, -0.1) is 11.3 Å². The molecule has 0 spiro atoms. The van der Waals surface area contributed by atoms with Crippen LogP contribution < -0.4 is 5.32 Å². The number of hydrogen-bond acceptors (Lipinski definition) is 4. The van der Waals surface area contributed by atoms with Crippen LogP contribution in [0.5, 0.6) is 0 Å². The molecule has 116 valence electrons. The number of thiophene rings is 1. The van der Waals surface area contributed by atoms with Crippen LogP contribution >= 0.6 is 11.3 Å². The number of rotatable bonds is 3. The topological polar surface area (TPSA) is 59.8 Å². The Kier molecular flexibility index (Phi) is 3.46. The average molecular weight is 324 g/mol. The second-order valence-electron chi connectivity index (χ2n) is 5.59. The molecule has 0 unspecified atom stereocenters. The number of aromatic nitrogens is 3. The van der Waals surface area contributed by atoms with Crippen LogP contribution in [-0.4, -0.2) is 20.4 Å². The summed E-state index contributed by atoms with van der Waals surface area (Å²) >= 11 is 1.60. The smallest absolute Gasteiger partial charge is 0.265 e. The molecular weight excluding hydrogens is 308 g/mol. The summed E-state index contributed by atoms with van der Waals surface area (Å²) in [5.41, 5.74) is 2.02. The van der Waals surface area contributed by atoms with Crippen LogP contribution in [0, 0.1) is 6.92 Å². The van der Waals surface area contributed by atoms with Crippen molar-refractivity contribution < 1.29 is 4.79 Å². The van der Waals surface area contributed by atoms with Crippen LogP contribution in [-0.2, 0) is 12.8 Å². The van der Waals surface area contributed by atoms with E-state index >= 15 is 0 Å². The van der Waals surface area contributed by atoms with Gasteiger partial charge in [0, 0.05) is 23.5 Å². The fraction of sp³-hybridized carbons (Fsp3) is 0.235. The zero-order chi connectivity index (χ0) is 15.8. The highest BCUT2D eigenvalue weighted by atomic mass is 32.1. The molecule has 0 bridgehead atoms. The predicted octanol–water partition coefficient (Wildman–Crippen LogP) is 3.38. The Morgan fingerprint density at radius 3 is 3.00 bits per heavy atom. The molecule has 0 saturated heterocycles. The lowest BCUT2D eigenvalue weighted by molar-refractivity contribution is 0.103. The third kappa shape index (κ3) is 2.55. The van der Waals surface area contributed by atoms with E-state index < -0.39 is 0 Å². The molecule has 6 heteroatoms. The van der Waals surface area contributed by atoms with Crippen molar-refractivity contribution in [1.82, 2.24) is 14.5 Å². The molecule has 0 radical (unpaired) electrons. The summed E-state index contributed by atoms with van der Waals surface area (Å²) in [5.74, 6) is 1.44. The first-order chi connectivity index (χ1) is 11.2. The van der Waals surface area contributed by atoms with E-state index in [2.05, 4.69) is 15.3 Å². The first-order valence-electron chi connectivity index (χ1n) is 7.60. The summed E-state index contributed by atoms with van der Waals surface area (Å²) in [4.78, 5) is 23.3. The maximum atomic E-state index is 12.6. The van der Waals surface area contributed by atoms with E-state index in [-0.39, 0.29) is 5.91 Å². The Bertz CT molecular complexity index is 859. The number of pyridine rings is 1. The second-order valence-corrected chi connectivity index (χ2v) is 6.72. The summed E-state index contributed by atoms with van der Waals surface area (Å²) in [6, 6.07) is 5.71. The van der Waals surface area contributed by atoms with Crippen LogP contribution in [0.15, 0.2) is 36.8 Å². The van der Waals surface area contributed by atoms with Crippen LogP contribution in [0.3, 0.4) is 0 Å². The molecule has 1 amide bonds. The van der Waals surface area contributed by atoms with Gasteiger partial charge in [-0.1, -0.05) is 0 Å². The van der Waals surface area contributed by atoms with Crippen LogP contribution in [0.4, 0.5) is 5.69 Å². The van der Waals surface area contributed by atoms with Gasteiger partial charge >= 0.3 is 0 Å². The highest BCUT2D eigenvalue weighted by molar-refractivity contribution is 7.14. The molecular formula is C17H16N4OS. The molecule has 3 heterocycles. The number of hydrogen-bond donors (Lipinski definition) is 1. The van der Waals surface area contributed by atoms with Gasteiger partial charge in [-0.25, -0.2) is 9.97 Å². The number of imidazole rings is 1. The minimum absolute atomic E-state index is 0.0728. The quantitative estimate of drug-likeness (QED) is 0.803. The molecule has 0 fully saturated rings. The van der Waals surface area contributed by atoms with E-state index in [1.807, 2.05) is 35.9 Å². The number of carbonyl (C=O) groups is 1. The molecule has 0 aromatic carbocycles. The summed E-state index contributed by atoms with van der Waals surface area (Å²) < 4.78 is 1.87. The van der Waals surface area contributed by atoms with Gasteiger partial charge in [0.15, 0.2) is 5.82 Å². The summed E-state index contributed by atoms with van der Waals surface area (Å²) in [6.45, 7) is 1.91. The summed E-state index contributed by atoms with van der Waals surface area (Å²) in [5, 5.41) is 2.99. The molecule has 3 aromatic heterocycles. The molecule has 23 heavy (non-hydrogen) atoms. The summed E-state index contributed by atoms with van der Waals surface area (Å²) in [6.07, 6.45) is 8.66. The Morgan fingerprint density at radius 1 is 1.30 bits per heavy atom. The van der Waals surface area contributed by atoms with E-state index in [0.717, 1.165) is 23.5 Å². The fourth-order valence-electron chi connectivity index (χ4n) is 2.91. The van der Waals surface area contributed by atoms with Crippen molar-refractivity contribution in [3.05, 3.63) is 57.9 Å². The van der Waals surface area contributed by atoms with Crippen molar-refractivity contribution in [2.24, 2.45) is 0 Å². The van der Waals surface area contributed by atoms with Gasteiger partial charge < -0.3 is 5.32 Å². The van der Waals surface area contributed by atoms with Gasteiger partial charge in [0.1, 0.15) is 5.82 Å². The highest BCUT2D eigenvalue weighted by Gasteiger charge is 2.19. The number of aryl methyl sites for hydroxylation is 3. The van der Waals surface area contributed by atoms with Gasteiger partial charge in [0.05, 0.1) is 10.6 Å². The van der Waals surface area contributed by atoms with Gasteiger partial charge in [-0.05, 0) is 49.9 Å². The molecule has 5 nitrogen and oxygen atoms in total. The van der Waals surface area contributed by atoms with Crippen molar-refractivity contribution in [3.63, 3.8) is 0 Å². The van der Waals surface area contributed by atoms with Crippen LogP contribution in [0.2, 0.25) is 0 Å². The van der Waals surface area contributed by atoms with Gasteiger partial charge in [-0.2, -0.15) is 0 Å². The fourth-order valence-corrected chi connectivity index (χ4v) is 4.06. The largest absolute Gasteiger partial charge is 0.318 e. The van der Waals surface area contributed by atoms with Crippen molar-refractivity contribution in [3.8, 4) is 5.82 Å². The average Bonchev–Trinajstić information content (AvgIpc) is 3.23. The molecule has 0 atom stereocenters. The lowest BCUT2D eigenvalue weighted by atomic mass is 10.2. The first kappa shape index (κ1) is 14.1. The molecule has 0 aliphatic heterocycles. The molecule has 1 aliphatic rings. The van der Waals surface area contributed by atoms with Gasteiger partial charge in [0.2, 0.25) is 0 Å². The number of nitrogens with zero attached hydrogens (tertiary/aromatic N) is 3. The van der Waals surface area contributed by atoms with Crippen molar-refractivity contribution in [2.75, 3.05) is 5.32 Å². The number of fused-ring (bicyclic) bond motifs is 1. The Hall–Kier alpha value is -2.47. The second kappa shape index (κ2) is 5.62. The monoisotopic (exact) mass is 324 g/mol. The van der Waals surface area contributed by atoms with E-state index in [1.54, 1.807) is 23.7 Å². The van der Waals surface area contributed by atoms with E-state index in [0.29, 0.717) is 11.5 Å². The first-order valence-corrected chi connectivity index (χ1v) is 8.42. The zero-order valence-corrected chi connectivity index (χ0v) is 13.6. The van der Waals surface area contributed by atoms with Gasteiger partial charge in [-0.3, -0.25) is 9.36 Å². The maximum absolute atomic E-state index is 12.6. The number of anilines is 1. The summed E-state index contributed by atoms with van der Waals surface area (Å²) in [7, 11) is 0. The van der Waals surface area contributed by atoms with Crippen molar-refractivity contribution in [1.29, 1.82) is 0 Å². The van der Waals surface area contributed by atoms with Gasteiger partial charge in [0.25, 0.3) is 5.91 Å². The normalized spacial score (nSPS) is 13.1.